The number of thiophene rings is 1. The topological polar surface area (TPSA) is 76.2 Å². The predicted molar refractivity (Wildman–Crippen MR) is 105 cm³/mol. The van der Waals surface area contributed by atoms with Crippen LogP contribution < -0.4 is 9.47 Å². The molecule has 7 nitrogen and oxygen atoms in total. The Morgan fingerprint density at radius 2 is 2.04 bits per heavy atom. The molecule has 1 atom stereocenters. The minimum atomic E-state index is -3.64. The fourth-order valence-corrected chi connectivity index (χ4v) is 6.36. The molecule has 4 rings (SSSR count). The molecular weight excluding hydrogens is 400 g/mol. The van der Waals surface area contributed by atoms with Gasteiger partial charge in [-0.1, -0.05) is 12.1 Å². The normalized spacial score (nSPS) is 19.5. The Balaban J connectivity index is 1.49. The van der Waals surface area contributed by atoms with Crippen molar-refractivity contribution < 1.29 is 22.7 Å². The van der Waals surface area contributed by atoms with Gasteiger partial charge in [-0.05, 0) is 42.0 Å². The lowest BCUT2D eigenvalue weighted by Gasteiger charge is -2.27. The van der Waals surface area contributed by atoms with Crippen molar-refractivity contribution in [1.82, 2.24) is 9.21 Å². The Hall–Kier alpha value is -2.10. The van der Waals surface area contributed by atoms with Gasteiger partial charge in [0.1, 0.15) is 23.5 Å². The van der Waals surface area contributed by atoms with Gasteiger partial charge in [-0.2, -0.15) is 4.31 Å². The van der Waals surface area contributed by atoms with Crippen LogP contribution in [0.15, 0.2) is 39.9 Å². The van der Waals surface area contributed by atoms with Gasteiger partial charge in [0.2, 0.25) is 5.91 Å². The van der Waals surface area contributed by atoms with E-state index < -0.39 is 16.1 Å². The summed E-state index contributed by atoms with van der Waals surface area (Å²) in [6, 6.07) is 8.23. The summed E-state index contributed by atoms with van der Waals surface area (Å²) in [7, 11) is -1.94. The van der Waals surface area contributed by atoms with Crippen molar-refractivity contribution in [2.24, 2.45) is 0 Å². The summed E-state index contributed by atoms with van der Waals surface area (Å²) in [4.78, 5) is 14.6. The minimum absolute atomic E-state index is 0.187. The summed E-state index contributed by atoms with van der Waals surface area (Å²) in [6.07, 6.45) is 1.22. The van der Waals surface area contributed by atoms with E-state index in [0.29, 0.717) is 50.6 Å². The summed E-state index contributed by atoms with van der Waals surface area (Å²) >= 11 is 1.17. The molecule has 1 aromatic heterocycles. The van der Waals surface area contributed by atoms with Gasteiger partial charge in [-0.25, -0.2) is 8.42 Å². The molecule has 9 heteroatoms. The van der Waals surface area contributed by atoms with Gasteiger partial charge in [0.15, 0.2) is 11.5 Å². The fourth-order valence-electron chi connectivity index (χ4n) is 3.59. The maximum absolute atomic E-state index is 13.0. The monoisotopic (exact) mass is 422 g/mol. The van der Waals surface area contributed by atoms with Crippen LogP contribution in [-0.2, 0) is 21.4 Å². The first-order valence-corrected chi connectivity index (χ1v) is 11.5. The molecule has 0 saturated carbocycles. The minimum Gasteiger partial charge on any atom is -0.486 e. The van der Waals surface area contributed by atoms with Crippen molar-refractivity contribution in [2.75, 3.05) is 26.8 Å². The molecule has 150 valence electrons. The van der Waals surface area contributed by atoms with E-state index in [-0.39, 0.29) is 10.1 Å². The van der Waals surface area contributed by atoms with E-state index in [2.05, 4.69) is 0 Å². The van der Waals surface area contributed by atoms with Crippen LogP contribution in [0, 0.1) is 0 Å². The molecule has 1 aromatic carbocycles. The van der Waals surface area contributed by atoms with Gasteiger partial charge in [-0.3, -0.25) is 4.79 Å². The summed E-state index contributed by atoms with van der Waals surface area (Å²) in [6.45, 7) is 1.77. The molecule has 1 unspecified atom stereocenters. The Morgan fingerprint density at radius 3 is 2.79 bits per heavy atom. The maximum atomic E-state index is 13.0. The van der Waals surface area contributed by atoms with Gasteiger partial charge < -0.3 is 14.4 Å². The van der Waals surface area contributed by atoms with Gasteiger partial charge in [-0.15, -0.1) is 11.3 Å². The summed E-state index contributed by atoms with van der Waals surface area (Å²) in [5, 5.41) is 1.73. The molecule has 0 radical (unpaired) electrons. The van der Waals surface area contributed by atoms with Crippen molar-refractivity contribution in [3.63, 3.8) is 0 Å². The first-order chi connectivity index (χ1) is 13.5. The van der Waals surface area contributed by atoms with Crippen LogP contribution in [0.3, 0.4) is 0 Å². The lowest BCUT2D eigenvalue weighted by atomic mass is 10.1. The van der Waals surface area contributed by atoms with Crippen molar-refractivity contribution in [1.29, 1.82) is 0 Å². The second kappa shape index (κ2) is 7.73. The summed E-state index contributed by atoms with van der Waals surface area (Å²) in [5.74, 6) is 1.19. The zero-order chi connectivity index (χ0) is 19.7. The first kappa shape index (κ1) is 19.2. The number of nitrogens with zero attached hydrogens (tertiary/aromatic N) is 2. The van der Waals surface area contributed by atoms with Crippen LogP contribution in [0.2, 0.25) is 0 Å². The number of carbonyl (C=O) groups excluding carboxylic acids is 1. The number of hydrogen-bond acceptors (Lipinski definition) is 6. The average Bonchev–Trinajstić information content (AvgIpc) is 3.39. The number of amides is 1. The van der Waals surface area contributed by atoms with Crippen LogP contribution in [0.1, 0.15) is 18.4 Å². The van der Waals surface area contributed by atoms with Crippen LogP contribution in [0.25, 0.3) is 0 Å². The molecule has 2 aromatic rings. The number of ether oxygens (including phenoxy) is 2. The molecule has 0 bridgehead atoms. The van der Waals surface area contributed by atoms with E-state index in [1.807, 2.05) is 18.2 Å². The SMILES string of the molecule is CN(Cc1ccc2c(c1)OCCO2)C(=O)C1CCCN1S(=O)(=O)c1cccs1. The standard InChI is InChI=1S/C19H22N2O5S2/c1-20(13-14-6-7-16-17(12-14)26-10-9-25-16)19(22)15-4-2-8-21(15)28(23,24)18-5-3-11-27-18/h3,5-7,11-12,15H,2,4,8-10,13H2,1H3. The molecule has 0 N–H and O–H groups in total. The predicted octanol–water partition coefficient (Wildman–Crippen LogP) is 2.33. The molecule has 1 fully saturated rings. The Bertz CT molecular complexity index is 959. The van der Waals surface area contributed by atoms with E-state index in [9.17, 15) is 13.2 Å². The number of rotatable bonds is 5. The summed E-state index contributed by atoms with van der Waals surface area (Å²) in [5.41, 5.74) is 0.908. The highest BCUT2D eigenvalue weighted by molar-refractivity contribution is 7.91. The van der Waals surface area contributed by atoms with Crippen LogP contribution in [0.5, 0.6) is 11.5 Å². The first-order valence-electron chi connectivity index (χ1n) is 9.15. The fraction of sp³-hybridized carbons (Fsp3) is 0.421. The lowest BCUT2D eigenvalue weighted by molar-refractivity contribution is -0.133. The van der Waals surface area contributed by atoms with Gasteiger partial charge in [0.05, 0.1) is 0 Å². The van der Waals surface area contributed by atoms with Gasteiger partial charge in [0, 0.05) is 20.1 Å². The molecule has 28 heavy (non-hydrogen) atoms. The van der Waals surface area contributed by atoms with E-state index in [1.54, 1.807) is 29.5 Å². The molecule has 2 aliphatic heterocycles. The quantitative estimate of drug-likeness (QED) is 0.739. The van der Waals surface area contributed by atoms with Crippen molar-refractivity contribution >= 4 is 27.3 Å². The number of carbonyl (C=O) groups is 1. The molecular formula is C19H22N2O5S2. The maximum Gasteiger partial charge on any atom is 0.253 e. The number of fused-ring (bicyclic) bond motifs is 1. The molecule has 2 aliphatic rings. The lowest BCUT2D eigenvalue weighted by Crippen LogP contribution is -2.46. The van der Waals surface area contributed by atoms with Crippen molar-refractivity contribution in [3.05, 3.63) is 41.3 Å². The van der Waals surface area contributed by atoms with E-state index >= 15 is 0 Å². The highest BCUT2D eigenvalue weighted by Gasteiger charge is 2.40. The third kappa shape index (κ3) is 3.61. The van der Waals surface area contributed by atoms with Crippen LogP contribution in [0.4, 0.5) is 0 Å². The molecule has 0 aliphatic carbocycles. The molecule has 1 saturated heterocycles. The van der Waals surface area contributed by atoms with Gasteiger partial charge in [0.25, 0.3) is 10.0 Å². The molecule has 1 amide bonds. The van der Waals surface area contributed by atoms with Crippen molar-refractivity contribution in [2.45, 2.75) is 29.6 Å². The van der Waals surface area contributed by atoms with Crippen LogP contribution in [-0.4, -0.2) is 56.4 Å². The zero-order valence-electron chi connectivity index (χ0n) is 15.5. The third-order valence-electron chi connectivity index (χ3n) is 4.95. The largest absolute Gasteiger partial charge is 0.486 e. The molecule has 3 heterocycles. The zero-order valence-corrected chi connectivity index (χ0v) is 17.2. The summed E-state index contributed by atoms with van der Waals surface area (Å²) < 4.78 is 38.5. The smallest absolute Gasteiger partial charge is 0.253 e. The number of sulfonamides is 1. The highest BCUT2D eigenvalue weighted by Crippen LogP contribution is 2.32. The second-order valence-electron chi connectivity index (χ2n) is 6.88. The number of hydrogen-bond donors (Lipinski definition) is 0. The van der Waals surface area contributed by atoms with E-state index in [1.165, 1.54) is 15.6 Å². The van der Waals surface area contributed by atoms with Gasteiger partial charge >= 0.3 is 0 Å². The Labute approximate surface area is 168 Å². The third-order valence-corrected chi connectivity index (χ3v) is 8.23. The van der Waals surface area contributed by atoms with E-state index in [4.69, 9.17) is 9.47 Å². The number of benzene rings is 1. The average molecular weight is 423 g/mol. The van der Waals surface area contributed by atoms with Crippen molar-refractivity contribution in [3.8, 4) is 11.5 Å². The Kier molecular flexibility index (Phi) is 5.31. The number of likely N-dealkylation sites (N-methyl/N-ethyl adjacent to an activating group) is 1. The highest BCUT2D eigenvalue weighted by atomic mass is 32.2. The van der Waals surface area contributed by atoms with Crippen LogP contribution >= 0.6 is 11.3 Å². The Morgan fingerprint density at radius 1 is 1.25 bits per heavy atom. The molecule has 0 spiro atoms. The second-order valence-corrected chi connectivity index (χ2v) is 9.94. The van der Waals surface area contributed by atoms with E-state index in [0.717, 1.165) is 5.56 Å².